The van der Waals surface area contributed by atoms with E-state index in [1.807, 2.05) is 23.1 Å². The number of hydrogen-bond donors (Lipinski definition) is 1. The second-order valence-corrected chi connectivity index (χ2v) is 7.79. The highest BCUT2D eigenvalue weighted by atomic mass is 16.5. The molecule has 2 fully saturated rings. The van der Waals surface area contributed by atoms with Crippen LogP contribution in [0, 0.1) is 5.92 Å². The number of aromatic amines is 1. The topological polar surface area (TPSA) is 71.1 Å². The first kappa shape index (κ1) is 18.0. The van der Waals surface area contributed by atoms with Crippen LogP contribution in [-0.2, 0) is 17.6 Å². The van der Waals surface area contributed by atoms with E-state index in [1.165, 1.54) is 12.8 Å². The summed E-state index contributed by atoms with van der Waals surface area (Å²) >= 11 is 0. The van der Waals surface area contributed by atoms with Gasteiger partial charge in [0.15, 0.2) is 5.82 Å². The molecular formula is C21H28N4O2. The largest absolute Gasteiger partial charge is 0.497 e. The van der Waals surface area contributed by atoms with E-state index in [0.29, 0.717) is 18.3 Å². The molecule has 1 aromatic carbocycles. The summed E-state index contributed by atoms with van der Waals surface area (Å²) in [7, 11) is 1.67. The molecule has 2 heterocycles. The molecule has 0 unspecified atom stereocenters. The Bertz CT molecular complexity index is 776. The van der Waals surface area contributed by atoms with Gasteiger partial charge in [0.2, 0.25) is 5.91 Å². The van der Waals surface area contributed by atoms with Crippen molar-refractivity contribution in [2.45, 2.75) is 50.9 Å². The van der Waals surface area contributed by atoms with Crippen LogP contribution in [0.2, 0.25) is 0 Å². The van der Waals surface area contributed by atoms with E-state index >= 15 is 0 Å². The number of carbonyl (C=O) groups is 1. The van der Waals surface area contributed by atoms with Crippen LogP contribution >= 0.6 is 0 Å². The fourth-order valence-corrected chi connectivity index (χ4v) is 3.82. The maximum Gasteiger partial charge on any atom is 0.222 e. The predicted octanol–water partition coefficient (Wildman–Crippen LogP) is 3.10. The zero-order valence-electron chi connectivity index (χ0n) is 16.0. The fourth-order valence-electron chi connectivity index (χ4n) is 3.82. The summed E-state index contributed by atoms with van der Waals surface area (Å²) in [4.78, 5) is 19.2. The van der Waals surface area contributed by atoms with E-state index in [-0.39, 0.29) is 5.91 Å². The summed E-state index contributed by atoms with van der Waals surface area (Å²) < 4.78 is 5.25. The van der Waals surface area contributed by atoms with Crippen LogP contribution in [-0.4, -0.2) is 46.2 Å². The molecular weight excluding hydrogens is 340 g/mol. The number of benzene rings is 1. The number of nitrogens with one attached hydrogen (secondary N) is 1. The van der Waals surface area contributed by atoms with Crippen molar-refractivity contribution in [1.29, 1.82) is 0 Å². The van der Waals surface area contributed by atoms with Crippen LogP contribution in [0.1, 0.15) is 55.2 Å². The molecule has 1 N–H and O–H groups in total. The number of carbonyl (C=O) groups excluding carboxylic acids is 1. The Morgan fingerprint density at radius 1 is 1.26 bits per heavy atom. The van der Waals surface area contributed by atoms with Gasteiger partial charge in [0.1, 0.15) is 11.6 Å². The summed E-state index contributed by atoms with van der Waals surface area (Å²) in [5.41, 5.74) is 1.15. The van der Waals surface area contributed by atoms with E-state index in [1.54, 1.807) is 7.11 Å². The molecule has 1 amide bonds. The molecule has 0 radical (unpaired) electrons. The second kappa shape index (κ2) is 8.11. The lowest BCUT2D eigenvalue weighted by Crippen LogP contribution is -2.39. The zero-order valence-corrected chi connectivity index (χ0v) is 16.0. The van der Waals surface area contributed by atoms with Crippen molar-refractivity contribution in [3.8, 4) is 5.75 Å². The minimum atomic E-state index is 0.256. The standard InChI is InChI=1S/C21H28N4O2/c1-27-18-4-2-3-15(13-18)5-8-20(26)25-11-9-16(10-12-25)14-19-22-21(24-23-19)17-6-7-17/h2-4,13,16-17H,5-12,14H2,1H3,(H,22,23,24). The van der Waals surface area contributed by atoms with Crippen molar-refractivity contribution >= 4 is 5.91 Å². The molecule has 2 aliphatic rings. The van der Waals surface area contributed by atoms with Crippen molar-refractivity contribution in [2.75, 3.05) is 20.2 Å². The molecule has 0 bridgehead atoms. The van der Waals surface area contributed by atoms with Crippen LogP contribution in [0.4, 0.5) is 0 Å². The third-order valence-electron chi connectivity index (χ3n) is 5.70. The van der Waals surface area contributed by atoms with E-state index in [0.717, 1.165) is 61.7 Å². The second-order valence-electron chi connectivity index (χ2n) is 7.79. The Morgan fingerprint density at radius 3 is 2.81 bits per heavy atom. The summed E-state index contributed by atoms with van der Waals surface area (Å²) in [5, 5.41) is 7.45. The number of methoxy groups -OCH3 is 1. The lowest BCUT2D eigenvalue weighted by Gasteiger charge is -2.31. The van der Waals surface area contributed by atoms with Gasteiger partial charge in [-0.15, -0.1) is 0 Å². The maximum absolute atomic E-state index is 12.5. The van der Waals surface area contributed by atoms with Gasteiger partial charge in [-0.1, -0.05) is 12.1 Å². The maximum atomic E-state index is 12.5. The van der Waals surface area contributed by atoms with Gasteiger partial charge >= 0.3 is 0 Å². The molecule has 0 atom stereocenters. The fraction of sp³-hybridized carbons (Fsp3) is 0.571. The third-order valence-corrected chi connectivity index (χ3v) is 5.70. The van der Waals surface area contributed by atoms with Gasteiger partial charge in [-0.05, 0) is 55.7 Å². The molecule has 1 aliphatic heterocycles. The van der Waals surface area contributed by atoms with Gasteiger partial charge in [-0.2, -0.15) is 5.10 Å². The molecule has 1 aliphatic carbocycles. The number of rotatable bonds is 7. The molecule has 1 saturated heterocycles. The molecule has 4 rings (SSSR count). The van der Waals surface area contributed by atoms with E-state index < -0.39 is 0 Å². The summed E-state index contributed by atoms with van der Waals surface area (Å²) in [6.45, 7) is 1.70. The summed E-state index contributed by atoms with van der Waals surface area (Å²) in [5.74, 6) is 4.30. The van der Waals surface area contributed by atoms with Gasteiger partial charge in [0.25, 0.3) is 0 Å². The summed E-state index contributed by atoms with van der Waals surface area (Å²) in [6.07, 6.45) is 6.82. The molecule has 6 nitrogen and oxygen atoms in total. The Balaban J connectivity index is 1.21. The number of ether oxygens (including phenoxy) is 1. The number of aryl methyl sites for hydroxylation is 1. The zero-order chi connectivity index (χ0) is 18.6. The Hall–Kier alpha value is -2.37. The van der Waals surface area contributed by atoms with Crippen LogP contribution < -0.4 is 4.74 Å². The monoisotopic (exact) mass is 368 g/mol. The molecule has 27 heavy (non-hydrogen) atoms. The molecule has 2 aromatic rings. The average molecular weight is 368 g/mol. The lowest BCUT2D eigenvalue weighted by molar-refractivity contribution is -0.132. The van der Waals surface area contributed by atoms with E-state index in [2.05, 4.69) is 21.2 Å². The van der Waals surface area contributed by atoms with Crippen LogP contribution in [0.15, 0.2) is 24.3 Å². The van der Waals surface area contributed by atoms with Crippen molar-refractivity contribution in [3.05, 3.63) is 41.5 Å². The molecule has 1 aromatic heterocycles. The van der Waals surface area contributed by atoms with Crippen molar-refractivity contribution in [2.24, 2.45) is 5.92 Å². The van der Waals surface area contributed by atoms with Gasteiger partial charge in [0.05, 0.1) is 7.11 Å². The number of amides is 1. The highest BCUT2D eigenvalue weighted by molar-refractivity contribution is 5.76. The summed E-state index contributed by atoms with van der Waals surface area (Å²) in [6, 6.07) is 7.96. The minimum absolute atomic E-state index is 0.256. The van der Waals surface area contributed by atoms with E-state index in [4.69, 9.17) is 4.74 Å². The number of piperidine rings is 1. The van der Waals surface area contributed by atoms with Gasteiger partial charge in [0, 0.05) is 31.8 Å². The SMILES string of the molecule is COc1cccc(CCC(=O)N2CCC(Cc3nc(C4CC4)n[nH]3)CC2)c1. The van der Waals surface area contributed by atoms with E-state index in [9.17, 15) is 4.79 Å². The first-order chi connectivity index (χ1) is 13.2. The Morgan fingerprint density at radius 2 is 2.07 bits per heavy atom. The molecule has 6 heteroatoms. The van der Waals surface area contributed by atoms with Crippen LogP contribution in [0.3, 0.4) is 0 Å². The average Bonchev–Trinajstić information content (AvgIpc) is 3.46. The predicted molar refractivity (Wildman–Crippen MR) is 103 cm³/mol. The third kappa shape index (κ3) is 4.67. The van der Waals surface area contributed by atoms with Crippen LogP contribution in [0.25, 0.3) is 0 Å². The first-order valence-corrected chi connectivity index (χ1v) is 10.0. The Kier molecular flexibility index (Phi) is 5.41. The number of aromatic nitrogens is 3. The van der Waals surface area contributed by atoms with Crippen LogP contribution in [0.5, 0.6) is 5.75 Å². The molecule has 1 saturated carbocycles. The lowest BCUT2D eigenvalue weighted by atomic mass is 9.93. The quantitative estimate of drug-likeness (QED) is 0.815. The molecule has 144 valence electrons. The smallest absolute Gasteiger partial charge is 0.222 e. The number of hydrogen-bond acceptors (Lipinski definition) is 4. The highest BCUT2D eigenvalue weighted by Crippen LogP contribution is 2.38. The normalized spacial score (nSPS) is 17.9. The van der Waals surface area contributed by atoms with Crippen molar-refractivity contribution in [3.63, 3.8) is 0 Å². The van der Waals surface area contributed by atoms with Gasteiger partial charge in [-0.25, -0.2) is 4.98 Å². The number of nitrogens with zero attached hydrogens (tertiary/aromatic N) is 3. The van der Waals surface area contributed by atoms with Crippen molar-refractivity contribution in [1.82, 2.24) is 20.1 Å². The minimum Gasteiger partial charge on any atom is -0.497 e. The highest BCUT2D eigenvalue weighted by Gasteiger charge is 2.28. The number of likely N-dealkylation sites (tertiary alicyclic amines) is 1. The number of H-pyrrole nitrogens is 1. The van der Waals surface area contributed by atoms with Crippen molar-refractivity contribution < 1.29 is 9.53 Å². The molecule has 0 spiro atoms. The van der Waals surface area contributed by atoms with Gasteiger partial charge < -0.3 is 9.64 Å². The Labute approximate surface area is 160 Å². The first-order valence-electron chi connectivity index (χ1n) is 10.0. The van der Waals surface area contributed by atoms with Gasteiger partial charge in [-0.3, -0.25) is 9.89 Å².